The number of rotatable bonds is 5. The van der Waals surface area contributed by atoms with E-state index in [4.69, 9.17) is 5.11 Å². The molecule has 0 fully saturated rings. The van der Waals surface area contributed by atoms with Gasteiger partial charge in [-0.05, 0) is 37.5 Å². The summed E-state index contributed by atoms with van der Waals surface area (Å²) in [5, 5.41) is 8.64. The van der Waals surface area contributed by atoms with E-state index >= 15 is 0 Å². The quantitative estimate of drug-likeness (QED) is 0.507. The number of aliphatic hydroxyl groups excluding tert-OH is 1. The molecule has 72 valence electrons. The Morgan fingerprint density at radius 1 is 1.23 bits per heavy atom. The molecule has 1 heteroatoms. The van der Waals surface area contributed by atoms with Gasteiger partial charge in [-0.1, -0.05) is 30.2 Å². The van der Waals surface area contributed by atoms with Crippen LogP contribution in [-0.4, -0.2) is 11.7 Å². The van der Waals surface area contributed by atoms with Crippen LogP contribution in [0.5, 0.6) is 0 Å². The molecule has 0 aromatic rings. The zero-order valence-electron chi connectivity index (χ0n) is 8.08. The summed E-state index contributed by atoms with van der Waals surface area (Å²) in [6.45, 7) is 0.352. The van der Waals surface area contributed by atoms with E-state index in [0.29, 0.717) is 6.61 Å². The fourth-order valence-electron chi connectivity index (χ4n) is 2.41. The lowest BCUT2D eigenvalue weighted by Crippen LogP contribution is -1.94. The minimum atomic E-state index is 0.352. The van der Waals surface area contributed by atoms with Crippen molar-refractivity contribution in [3.8, 4) is 0 Å². The molecule has 0 aromatic heterocycles. The first-order valence-corrected chi connectivity index (χ1v) is 5.40. The minimum absolute atomic E-state index is 0.352. The van der Waals surface area contributed by atoms with Crippen molar-refractivity contribution in [2.75, 3.05) is 6.61 Å². The number of aliphatic hydroxyl groups is 1. The van der Waals surface area contributed by atoms with Crippen molar-refractivity contribution < 1.29 is 5.11 Å². The lowest BCUT2D eigenvalue weighted by molar-refractivity contribution is 0.283. The second kappa shape index (κ2) is 4.10. The van der Waals surface area contributed by atoms with Crippen LogP contribution >= 0.6 is 0 Å². The van der Waals surface area contributed by atoms with Gasteiger partial charge in [-0.2, -0.15) is 0 Å². The number of hydrogen-bond acceptors (Lipinski definition) is 1. The molecule has 2 aliphatic carbocycles. The SMILES string of the molecule is OCCCCCC1=C[C@H]2C=C[C@@H]1C2. The molecule has 0 saturated carbocycles. The fraction of sp³-hybridized carbons (Fsp3) is 0.667. The van der Waals surface area contributed by atoms with E-state index < -0.39 is 0 Å². The summed E-state index contributed by atoms with van der Waals surface area (Å²) in [5.74, 6) is 1.54. The Balaban J connectivity index is 1.69. The zero-order chi connectivity index (χ0) is 9.10. The van der Waals surface area contributed by atoms with Crippen molar-refractivity contribution in [3.05, 3.63) is 23.8 Å². The van der Waals surface area contributed by atoms with Gasteiger partial charge in [-0.15, -0.1) is 0 Å². The third kappa shape index (κ3) is 2.02. The number of allylic oxidation sites excluding steroid dienone is 4. The van der Waals surface area contributed by atoms with E-state index in [1.54, 1.807) is 5.57 Å². The normalized spacial score (nSPS) is 29.8. The van der Waals surface area contributed by atoms with Crippen LogP contribution in [0.25, 0.3) is 0 Å². The summed E-state index contributed by atoms with van der Waals surface area (Å²) in [4.78, 5) is 0. The first-order chi connectivity index (χ1) is 6.40. The smallest absolute Gasteiger partial charge is 0.0431 e. The third-order valence-corrected chi connectivity index (χ3v) is 3.14. The van der Waals surface area contributed by atoms with E-state index in [1.165, 1.54) is 25.7 Å². The van der Waals surface area contributed by atoms with Gasteiger partial charge in [0, 0.05) is 6.61 Å². The van der Waals surface area contributed by atoms with Crippen LogP contribution in [0.1, 0.15) is 32.1 Å². The maximum absolute atomic E-state index is 8.64. The topological polar surface area (TPSA) is 20.2 Å². The van der Waals surface area contributed by atoms with Crippen molar-refractivity contribution >= 4 is 0 Å². The van der Waals surface area contributed by atoms with Crippen LogP contribution in [0.2, 0.25) is 0 Å². The molecule has 13 heavy (non-hydrogen) atoms. The molecule has 0 unspecified atom stereocenters. The molecule has 0 aromatic carbocycles. The monoisotopic (exact) mass is 178 g/mol. The largest absolute Gasteiger partial charge is 0.396 e. The Labute approximate surface area is 80.2 Å². The first-order valence-electron chi connectivity index (χ1n) is 5.40. The van der Waals surface area contributed by atoms with Gasteiger partial charge in [0.25, 0.3) is 0 Å². The van der Waals surface area contributed by atoms with E-state index in [-0.39, 0.29) is 0 Å². The Hall–Kier alpha value is -0.560. The van der Waals surface area contributed by atoms with Crippen LogP contribution in [0.4, 0.5) is 0 Å². The molecule has 2 bridgehead atoms. The van der Waals surface area contributed by atoms with Crippen molar-refractivity contribution in [2.45, 2.75) is 32.1 Å². The molecular weight excluding hydrogens is 160 g/mol. The van der Waals surface area contributed by atoms with Gasteiger partial charge in [-0.25, -0.2) is 0 Å². The average molecular weight is 178 g/mol. The molecule has 2 aliphatic rings. The number of fused-ring (bicyclic) bond motifs is 2. The summed E-state index contributed by atoms with van der Waals surface area (Å²) < 4.78 is 0. The third-order valence-electron chi connectivity index (χ3n) is 3.14. The number of hydrogen-bond donors (Lipinski definition) is 1. The predicted molar refractivity (Wildman–Crippen MR) is 54.4 cm³/mol. The maximum Gasteiger partial charge on any atom is 0.0431 e. The summed E-state index contributed by atoms with van der Waals surface area (Å²) in [5.41, 5.74) is 1.66. The second-order valence-electron chi connectivity index (χ2n) is 4.17. The highest BCUT2D eigenvalue weighted by molar-refractivity contribution is 5.29. The molecule has 0 heterocycles. The van der Waals surface area contributed by atoms with Gasteiger partial charge in [0.05, 0.1) is 0 Å². The Morgan fingerprint density at radius 2 is 2.15 bits per heavy atom. The minimum Gasteiger partial charge on any atom is -0.396 e. The van der Waals surface area contributed by atoms with Crippen LogP contribution in [0.15, 0.2) is 23.8 Å². The van der Waals surface area contributed by atoms with E-state index in [2.05, 4.69) is 18.2 Å². The van der Waals surface area contributed by atoms with Crippen LogP contribution in [0.3, 0.4) is 0 Å². The summed E-state index contributed by atoms with van der Waals surface area (Å²) in [6, 6.07) is 0. The Bertz CT molecular complexity index is 227. The van der Waals surface area contributed by atoms with Gasteiger partial charge in [0.1, 0.15) is 0 Å². The van der Waals surface area contributed by atoms with Crippen LogP contribution in [-0.2, 0) is 0 Å². The van der Waals surface area contributed by atoms with Crippen LogP contribution < -0.4 is 0 Å². The summed E-state index contributed by atoms with van der Waals surface area (Å²) >= 11 is 0. The molecule has 2 atom stereocenters. The average Bonchev–Trinajstić information content (AvgIpc) is 2.73. The Morgan fingerprint density at radius 3 is 2.77 bits per heavy atom. The van der Waals surface area contributed by atoms with Crippen molar-refractivity contribution in [1.29, 1.82) is 0 Å². The maximum atomic E-state index is 8.64. The molecule has 1 N–H and O–H groups in total. The summed E-state index contributed by atoms with van der Waals surface area (Å²) in [6.07, 6.45) is 13.1. The van der Waals surface area contributed by atoms with Crippen LogP contribution in [0, 0.1) is 11.8 Å². The Kier molecular flexibility index (Phi) is 2.84. The molecule has 0 radical (unpaired) electrons. The second-order valence-corrected chi connectivity index (χ2v) is 4.17. The van der Waals surface area contributed by atoms with Crippen molar-refractivity contribution in [2.24, 2.45) is 11.8 Å². The van der Waals surface area contributed by atoms with E-state index in [1.807, 2.05) is 0 Å². The van der Waals surface area contributed by atoms with Crippen molar-refractivity contribution in [3.63, 3.8) is 0 Å². The summed E-state index contributed by atoms with van der Waals surface area (Å²) in [7, 11) is 0. The highest BCUT2D eigenvalue weighted by atomic mass is 16.2. The van der Waals surface area contributed by atoms with Gasteiger partial charge in [0.15, 0.2) is 0 Å². The lowest BCUT2D eigenvalue weighted by Gasteiger charge is -2.08. The molecule has 1 nitrogen and oxygen atoms in total. The van der Waals surface area contributed by atoms with Crippen molar-refractivity contribution in [1.82, 2.24) is 0 Å². The van der Waals surface area contributed by atoms with Gasteiger partial charge < -0.3 is 5.11 Å². The van der Waals surface area contributed by atoms with Gasteiger partial charge >= 0.3 is 0 Å². The highest BCUT2D eigenvalue weighted by Gasteiger charge is 2.26. The fourth-order valence-corrected chi connectivity index (χ4v) is 2.41. The van der Waals surface area contributed by atoms with E-state index in [9.17, 15) is 0 Å². The zero-order valence-corrected chi connectivity index (χ0v) is 8.08. The van der Waals surface area contributed by atoms with Gasteiger partial charge in [0.2, 0.25) is 0 Å². The number of unbranched alkanes of at least 4 members (excludes halogenated alkanes) is 2. The standard InChI is InChI=1S/C12H18O/c13-7-3-1-2-4-11-8-10-5-6-12(11)9-10/h5-6,8,10,12-13H,1-4,7,9H2/t10-,12-/m1/s1. The lowest BCUT2D eigenvalue weighted by atomic mass is 9.97. The molecule has 0 saturated heterocycles. The van der Waals surface area contributed by atoms with E-state index in [0.717, 1.165) is 18.3 Å². The van der Waals surface area contributed by atoms with Gasteiger partial charge in [-0.3, -0.25) is 0 Å². The molecular formula is C12H18O. The predicted octanol–water partition coefficient (Wildman–Crippen LogP) is 2.67. The first kappa shape index (κ1) is 9.01. The highest BCUT2D eigenvalue weighted by Crippen LogP contribution is 2.40. The molecule has 0 amide bonds. The molecule has 0 aliphatic heterocycles. The molecule has 2 rings (SSSR count). The molecule has 0 spiro atoms.